The second kappa shape index (κ2) is 3.01. The maximum Gasteiger partial charge on any atom is 0.273 e. The van der Waals surface area contributed by atoms with Crippen molar-refractivity contribution in [2.75, 3.05) is 0 Å². The highest BCUT2D eigenvalue weighted by atomic mass is 19.3. The molecule has 0 aliphatic carbocycles. The van der Waals surface area contributed by atoms with E-state index in [-0.39, 0.29) is 5.56 Å². The van der Waals surface area contributed by atoms with Crippen molar-refractivity contribution in [3.8, 4) is 0 Å². The van der Waals surface area contributed by atoms with Crippen LogP contribution < -0.4 is 0 Å². The summed E-state index contributed by atoms with van der Waals surface area (Å²) in [7, 11) is 0. The Kier molecular flexibility index (Phi) is 2.32. The molecule has 0 fully saturated rings. The summed E-state index contributed by atoms with van der Waals surface area (Å²) in [6, 6.07) is 1.30. The van der Waals surface area contributed by atoms with Gasteiger partial charge in [0.2, 0.25) is 0 Å². The van der Waals surface area contributed by atoms with Crippen LogP contribution in [-0.2, 0) is 5.92 Å². The summed E-state index contributed by atoms with van der Waals surface area (Å²) >= 11 is 0. The lowest BCUT2D eigenvalue weighted by atomic mass is 10.1. The highest BCUT2D eigenvalue weighted by Gasteiger charge is 2.29. The molecule has 0 radical (unpaired) electrons. The number of aryl methyl sites for hydroxylation is 1. The van der Waals surface area contributed by atoms with Gasteiger partial charge in [-0.05, 0) is 24.6 Å². The van der Waals surface area contributed by atoms with Crippen molar-refractivity contribution in [1.82, 2.24) is 0 Å². The van der Waals surface area contributed by atoms with E-state index in [2.05, 4.69) is 0 Å². The molecular formula is C9H8F4. The van der Waals surface area contributed by atoms with Gasteiger partial charge < -0.3 is 0 Å². The largest absolute Gasteiger partial charge is 0.273 e. The third-order valence-electron chi connectivity index (χ3n) is 1.72. The van der Waals surface area contributed by atoms with Crippen LogP contribution in [0.2, 0.25) is 0 Å². The minimum Gasteiger partial charge on any atom is -0.207 e. The fraction of sp³-hybridized carbons (Fsp3) is 0.333. The molecule has 13 heavy (non-hydrogen) atoms. The van der Waals surface area contributed by atoms with Gasteiger partial charge in [0.25, 0.3) is 5.92 Å². The topological polar surface area (TPSA) is 0 Å². The van der Waals surface area contributed by atoms with Crippen molar-refractivity contribution >= 4 is 0 Å². The number of benzene rings is 1. The van der Waals surface area contributed by atoms with Gasteiger partial charge in [0.05, 0.1) is 5.56 Å². The molecule has 0 saturated heterocycles. The summed E-state index contributed by atoms with van der Waals surface area (Å²) < 4.78 is 50.9. The average molecular weight is 192 g/mol. The van der Waals surface area contributed by atoms with Crippen molar-refractivity contribution in [3.63, 3.8) is 0 Å². The lowest BCUT2D eigenvalue weighted by Crippen LogP contribution is -2.10. The fourth-order valence-electron chi connectivity index (χ4n) is 0.983. The van der Waals surface area contributed by atoms with Gasteiger partial charge in [0.1, 0.15) is 11.6 Å². The van der Waals surface area contributed by atoms with Crippen LogP contribution in [0.25, 0.3) is 0 Å². The summed E-state index contributed by atoms with van der Waals surface area (Å²) in [6.07, 6.45) is 0. The van der Waals surface area contributed by atoms with E-state index in [0.717, 1.165) is 6.07 Å². The average Bonchev–Trinajstić information content (AvgIpc) is 1.94. The SMILES string of the molecule is Cc1cc(F)c(C(C)(F)F)cc1F. The second-order valence-electron chi connectivity index (χ2n) is 2.97. The van der Waals surface area contributed by atoms with Gasteiger partial charge >= 0.3 is 0 Å². The highest BCUT2D eigenvalue weighted by molar-refractivity contribution is 5.27. The lowest BCUT2D eigenvalue weighted by Gasteiger charge is -2.12. The van der Waals surface area contributed by atoms with E-state index in [9.17, 15) is 17.6 Å². The van der Waals surface area contributed by atoms with Gasteiger partial charge in [-0.3, -0.25) is 0 Å². The van der Waals surface area contributed by atoms with Crippen molar-refractivity contribution in [3.05, 3.63) is 34.9 Å². The Morgan fingerprint density at radius 3 is 2.08 bits per heavy atom. The predicted molar refractivity (Wildman–Crippen MR) is 40.7 cm³/mol. The smallest absolute Gasteiger partial charge is 0.207 e. The Morgan fingerprint density at radius 1 is 1.08 bits per heavy atom. The molecule has 0 atom stereocenters. The Labute approximate surface area is 73.2 Å². The Balaban J connectivity index is 3.32. The number of hydrogen-bond donors (Lipinski definition) is 0. The van der Waals surface area contributed by atoms with Gasteiger partial charge in [0.15, 0.2) is 0 Å². The molecule has 0 nitrogen and oxygen atoms in total. The molecule has 0 aliphatic heterocycles. The van der Waals surface area contributed by atoms with Gasteiger partial charge in [-0.25, -0.2) is 17.6 Å². The minimum atomic E-state index is -3.35. The van der Waals surface area contributed by atoms with E-state index in [1.807, 2.05) is 0 Å². The first-order valence-corrected chi connectivity index (χ1v) is 3.66. The standard InChI is InChI=1S/C9H8F4/c1-5-3-8(11)6(4-7(5)10)9(2,12)13/h3-4H,1-2H3. The number of halogens is 4. The van der Waals surface area contributed by atoms with E-state index in [4.69, 9.17) is 0 Å². The molecule has 0 amide bonds. The quantitative estimate of drug-likeness (QED) is 0.598. The molecule has 0 N–H and O–H groups in total. The van der Waals surface area contributed by atoms with Gasteiger partial charge in [0, 0.05) is 6.92 Å². The van der Waals surface area contributed by atoms with Crippen LogP contribution in [0.1, 0.15) is 18.1 Å². The maximum absolute atomic E-state index is 12.9. The molecule has 0 spiro atoms. The van der Waals surface area contributed by atoms with E-state index in [0.29, 0.717) is 13.0 Å². The molecule has 1 aromatic carbocycles. The number of alkyl halides is 2. The molecule has 1 rings (SSSR count). The summed E-state index contributed by atoms with van der Waals surface area (Å²) in [4.78, 5) is 0. The van der Waals surface area contributed by atoms with Crippen LogP contribution in [-0.4, -0.2) is 0 Å². The Bertz CT molecular complexity index is 325. The number of hydrogen-bond acceptors (Lipinski definition) is 0. The maximum atomic E-state index is 12.9. The third kappa shape index (κ3) is 1.99. The van der Waals surface area contributed by atoms with Crippen LogP contribution in [0.15, 0.2) is 12.1 Å². The van der Waals surface area contributed by atoms with E-state index in [1.54, 1.807) is 0 Å². The molecule has 0 saturated carbocycles. The van der Waals surface area contributed by atoms with Gasteiger partial charge in [-0.15, -0.1) is 0 Å². The summed E-state index contributed by atoms with van der Waals surface area (Å²) in [5, 5.41) is 0. The van der Waals surface area contributed by atoms with Crippen molar-refractivity contribution in [2.45, 2.75) is 19.8 Å². The Hall–Kier alpha value is -1.06. The molecular weight excluding hydrogens is 184 g/mol. The molecule has 4 heteroatoms. The molecule has 0 aromatic heterocycles. The van der Waals surface area contributed by atoms with Crippen LogP contribution in [0.3, 0.4) is 0 Å². The molecule has 0 heterocycles. The molecule has 0 aliphatic rings. The van der Waals surface area contributed by atoms with Crippen LogP contribution in [0, 0.1) is 18.6 Å². The van der Waals surface area contributed by atoms with E-state index < -0.39 is 23.1 Å². The summed E-state index contributed by atoms with van der Waals surface area (Å²) in [5.74, 6) is -5.25. The van der Waals surface area contributed by atoms with E-state index >= 15 is 0 Å². The van der Waals surface area contributed by atoms with E-state index in [1.165, 1.54) is 6.92 Å². The lowest BCUT2D eigenvalue weighted by molar-refractivity contribution is 0.0134. The minimum absolute atomic E-state index is 0.0190. The zero-order valence-corrected chi connectivity index (χ0v) is 7.17. The van der Waals surface area contributed by atoms with Gasteiger partial charge in [-0.1, -0.05) is 0 Å². The zero-order valence-electron chi connectivity index (χ0n) is 7.17. The molecule has 0 unspecified atom stereocenters. The fourth-order valence-corrected chi connectivity index (χ4v) is 0.983. The molecule has 1 aromatic rings. The first kappa shape index (κ1) is 10.0. The van der Waals surface area contributed by atoms with Crippen LogP contribution in [0.4, 0.5) is 17.6 Å². The van der Waals surface area contributed by atoms with Crippen LogP contribution in [0.5, 0.6) is 0 Å². The van der Waals surface area contributed by atoms with Gasteiger partial charge in [-0.2, -0.15) is 0 Å². The zero-order chi connectivity index (χ0) is 10.2. The summed E-state index contributed by atoms with van der Waals surface area (Å²) in [5.41, 5.74) is -0.888. The second-order valence-corrected chi connectivity index (χ2v) is 2.97. The Morgan fingerprint density at radius 2 is 1.62 bits per heavy atom. The highest BCUT2D eigenvalue weighted by Crippen LogP contribution is 2.30. The monoisotopic (exact) mass is 192 g/mol. The third-order valence-corrected chi connectivity index (χ3v) is 1.72. The van der Waals surface area contributed by atoms with Crippen LogP contribution >= 0.6 is 0 Å². The molecule has 72 valence electrons. The van der Waals surface area contributed by atoms with Crippen molar-refractivity contribution in [2.24, 2.45) is 0 Å². The van der Waals surface area contributed by atoms with Crippen molar-refractivity contribution < 1.29 is 17.6 Å². The molecule has 0 bridgehead atoms. The first-order chi connectivity index (χ1) is 5.82. The first-order valence-electron chi connectivity index (χ1n) is 3.66. The van der Waals surface area contributed by atoms with Crippen molar-refractivity contribution in [1.29, 1.82) is 0 Å². The predicted octanol–water partition coefficient (Wildman–Crippen LogP) is 3.38. The summed E-state index contributed by atoms with van der Waals surface area (Å²) in [6.45, 7) is 1.84. The number of rotatable bonds is 1. The normalized spacial score (nSPS) is 11.8.